The lowest BCUT2D eigenvalue weighted by atomic mass is 9.50. The lowest BCUT2D eigenvalue weighted by Gasteiger charge is -2.54. The summed E-state index contributed by atoms with van der Waals surface area (Å²) in [6.07, 6.45) is 8.25. The molecule has 2 heterocycles. The van der Waals surface area contributed by atoms with Crippen molar-refractivity contribution in [2.24, 2.45) is 16.7 Å². The molecule has 0 aromatic heterocycles. The number of hydrogen-bond donors (Lipinski definition) is 0. The molecule has 0 aromatic carbocycles. The maximum Gasteiger partial charge on any atom is 0.192 e. The van der Waals surface area contributed by atoms with Gasteiger partial charge in [0.2, 0.25) is 0 Å². The van der Waals surface area contributed by atoms with Crippen LogP contribution in [0, 0.1) is 16.7 Å². The number of allylic oxidation sites excluding steroid dienone is 3. The summed E-state index contributed by atoms with van der Waals surface area (Å²) in [5, 5.41) is 0. The zero-order valence-electron chi connectivity index (χ0n) is 19.4. The van der Waals surface area contributed by atoms with Crippen LogP contribution in [0.15, 0.2) is 23.5 Å². The monoisotopic (exact) mass is 406 g/mol. The minimum absolute atomic E-state index is 0.0357. The molecule has 5 atom stereocenters. The lowest BCUT2D eigenvalue weighted by Crippen LogP contribution is -2.62. The second-order valence-electron chi connectivity index (χ2n) is 10.1. The lowest BCUT2D eigenvalue weighted by molar-refractivity contribution is -0.255. The van der Waals surface area contributed by atoms with Crippen LogP contribution >= 0.6 is 0 Å². The maximum absolute atomic E-state index is 13.3. The molecule has 3 rings (SSSR count). The number of methoxy groups -OCH3 is 3. The first kappa shape index (κ1) is 22.5. The Bertz CT molecular complexity index is 719. The van der Waals surface area contributed by atoms with Gasteiger partial charge in [-0.3, -0.25) is 4.79 Å². The summed E-state index contributed by atoms with van der Waals surface area (Å²) in [4.78, 5) is 13.3. The molecular weight excluding hydrogens is 368 g/mol. The average molecular weight is 407 g/mol. The Morgan fingerprint density at radius 2 is 2.00 bits per heavy atom. The van der Waals surface area contributed by atoms with Gasteiger partial charge in [-0.25, -0.2) is 0 Å². The first-order chi connectivity index (χ1) is 13.5. The fraction of sp³-hybridized carbons (Fsp3) is 0.792. The third-order valence-electron chi connectivity index (χ3n) is 7.75. The van der Waals surface area contributed by atoms with Crippen molar-refractivity contribution >= 4 is 5.78 Å². The second kappa shape index (κ2) is 7.51. The SMILES string of the molecule is COC1=CC(=O)[C@H]2[C@]3(OC)OC(C[C@]13CC=C(C)C)[C@@]2(C)CCCC(C)(C)OC. The van der Waals surface area contributed by atoms with Crippen molar-refractivity contribution in [1.82, 2.24) is 0 Å². The Hall–Kier alpha value is -1.17. The van der Waals surface area contributed by atoms with Gasteiger partial charge in [0.05, 0.1) is 30.1 Å². The van der Waals surface area contributed by atoms with E-state index in [0.29, 0.717) is 5.76 Å². The van der Waals surface area contributed by atoms with Crippen LogP contribution in [0.2, 0.25) is 0 Å². The molecule has 1 aliphatic carbocycles. The Kier molecular flexibility index (Phi) is 5.83. The molecule has 0 amide bonds. The van der Waals surface area contributed by atoms with E-state index in [1.165, 1.54) is 5.57 Å². The van der Waals surface area contributed by atoms with Crippen LogP contribution in [-0.2, 0) is 23.7 Å². The van der Waals surface area contributed by atoms with Gasteiger partial charge in [-0.2, -0.15) is 0 Å². The number of ketones is 1. The average Bonchev–Trinajstić information content (AvgIpc) is 3.14. The number of ether oxygens (including phenoxy) is 4. The smallest absolute Gasteiger partial charge is 0.192 e. The molecule has 2 saturated heterocycles. The van der Waals surface area contributed by atoms with Crippen LogP contribution < -0.4 is 0 Å². The molecule has 2 aliphatic heterocycles. The molecule has 2 fully saturated rings. The molecule has 5 nitrogen and oxygen atoms in total. The van der Waals surface area contributed by atoms with Crippen LogP contribution in [0.3, 0.4) is 0 Å². The maximum atomic E-state index is 13.3. The molecule has 0 radical (unpaired) electrons. The topological polar surface area (TPSA) is 54.0 Å². The van der Waals surface area contributed by atoms with E-state index < -0.39 is 11.2 Å². The van der Waals surface area contributed by atoms with Crippen molar-refractivity contribution in [3.05, 3.63) is 23.5 Å². The predicted molar refractivity (Wildman–Crippen MR) is 112 cm³/mol. The predicted octanol–water partition coefficient (Wildman–Crippen LogP) is 4.81. The van der Waals surface area contributed by atoms with E-state index in [9.17, 15) is 4.79 Å². The van der Waals surface area contributed by atoms with E-state index in [0.717, 1.165) is 32.1 Å². The Labute approximate surface area is 175 Å². The first-order valence-corrected chi connectivity index (χ1v) is 10.7. The Morgan fingerprint density at radius 3 is 2.55 bits per heavy atom. The van der Waals surface area contributed by atoms with Gasteiger partial charge in [0, 0.05) is 25.7 Å². The third-order valence-corrected chi connectivity index (χ3v) is 7.75. The normalized spacial score (nSPS) is 38.2. The highest BCUT2D eigenvalue weighted by Gasteiger charge is 2.80. The fourth-order valence-corrected chi connectivity index (χ4v) is 5.91. The highest BCUT2D eigenvalue weighted by Crippen LogP contribution is 2.72. The van der Waals surface area contributed by atoms with Gasteiger partial charge in [-0.15, -0.1) is 0 Å². The van der Waals surface area contributed by atoms with Gasteiger partial charge in [0.1, 0.15) is 5.76 Å². The van der Waals surface area contributed by atoms with Crippen molar-refractivity contribution < 1.29 is 23.7 Å². The molecule has 29 heavy (non-hydrogen) atoms. The summed E-state index contributed by atoms with van der Waals surface area (Å²) in [5.41, 5.74) is 0.353. The van der Waals surface area contributed by atoms with Gasteiger partial charge in [-0.1, -0.05) is 18.6 Å². The molecule has 0 aromatic rings. The first-order valence-electron chi connectivity index (χ1n) is 10.7. The van der Waals surface area contributed by atoms with E-state index in [-0.39, 0.29) is 28.8 Å². The van der Waals surface area contributed by atoms with Crippen molar-refractivity contribution in [1.29, 1.82) is 0 Å². The van der Waals surface area contributed by atoms with Gasteiger partial charge in [0.25, 0.3) is 0 Å². The van der Waals surface area contributed by atoms with E-state index in [4.69, 9.17) is 18.9 Å². The summed E-state index contributed by atoms with van der Waals surface area (Å²) in [6.45, 7) is 10.6. The standard InChI is InChI=1S/C24H38O5/c1-16(2)10-13-23-15-19-22(5,12-9-11-21(3,4)27-7)20(24(23,28-8)29-19)17(25)14-18(23)26-6/h10,14,19-20H,9,11-13,15H2,1-8H3/t19?,20-,22-,23-,24+/m1/s1. The van der Waals surface area contributed by atoms with E-state index >= 15 is 0 Å². The molecular formula is C24H38O5. The molecule has 2 bridgehead atoms. The molecule has 0 N–H and O–H groups in total. The molecule has 1 unspecified atom stereocenters. The van der Waals surface area contributed by atoms with Gasteiger partial charge in [0.15, 0.2) is 11.6 Å². The molecule has 0 saturated carbocycles. The van der Waals surface area contributed by atoms with Crippen LogP contribution in [0.5, 0.6) is 0 Å². The van der Waals surface area contributed by atoms with Crippen molar-refractivity contribution in [3.63, 3.8) is 0 Å². The van der Waals surface area contributed by atoms with Crippen LogP contribution in [0.4, 0.5) is 0 Å². The van der Waals surface area contributed by atoms with Crippen LogP contribution in [0.25, 0.3) is 0 Å². The Balaban J connectivity index is 1.99. The van der Waals surface area contributed by atoms with Gasteiger partial charge < -0.3 is 18.9 Å². The quantitative estimate of drug-likeness (QED) is 0.515. The summed E-state index contributed by atoms with van der Waals surface area (Å²) in [6, 6.07) is 0. The van der Waals surface area contributed by atoms with Gasteiger partial charge >= 0.3 is 0 Å². The van der Waals surface area contributed by atoms with Crippen molar-refractivity contribution in [2.45, 2.75) is 84.2 Å². The number of carbonyl (C=O) groups excluding carboxylic acids is 1. The van der Waals surface area contributed by atoms with Crippen LogP contribution in [0.1, 0.15) is 66.7 Å². The highest BCUT2D eigenvalue weighted by atomic mass is 16.7. The molecule has 0 spiro atoms. The number of carbonyl (C=O) groups is 1. The molecule has 3 aliphatic rings. The molecule has 164 valence electrons. The summed E-state index contributed by atoms with van der Waals surface area (Å²) < 4.78 is 24.1. The zero-order chi connectivity index (χ0) is 21.7. The Morgan fingerprint density at radius 1 is 1.31 bits per heavy atom. The second-order valence-corrected chi connectivity index (χ2v) is 10.1. The largest absolute Gasteiger partial charge is 0.500 e. The van der Waals surface area contributed by atoms with Crippen molar-refractivity contribution in [2.75, 3.05) is 21.3 Å². The van der Waals surface area contributed by atoms with Crippen LogP contribution in [-0.4, -0.2) is 44.6 Å². The zero-order valence-corrected chi connectivity index (χ0v) is 19.4. The number of hydrogen-bond acceptors (Lipinski definition) is 5. The fourth-order valence-electron chi connectivity index (χ4n) is 5.91. The molecule has 5 heteroatoms. The minimum Gasteiger partial charge on any atom is -0.500 e. The van der Waals surface area contributed by atoms with E-state index in [2.05, 4.69) is 40.7 Å². The van der Waals surface area contributed by atoms with Gasteiger partial charge in [-0.05, 0) is 59.8 Å². The summed E-state index contributed by atoms with van der Waals surface area (Å²) >= 11 is 0. The van der Waals surface area contributed by atoms with E-state index in [1.807, 2.05) is 0 Å². The summed E-state index contributed by atoms with van der Waals surface area (Å²) in [7, 11) is 5.07. The third kappa shape index (κ3) is 3.21. The number of rotatable bonds is 9. The van der Waals surface area contributed by atoms with E-state index in [1.54, 1.807) is 27.4 Å². The minimum atomic E-state index is -0.966. The highest BCUT2D eigenvalue weighted by molar-refractivity contribution is 5.96. The van der Waals surface area contributed by atoms with Crippen molar-refractivity contribution in [3.8, 4) is 0 Å². The number of fused-ring (bicyclic) bond motifs is 1. The summed E-state index contributed by atoms with van der Waals surface area (Å²) in [5.74, 6) is -0.531.